The predicted molar refractivity (Wildman–Crippen MR) is 116 cm³/mol. The van der Waals surface area contributed by atoms with Gasteiger partial charge in [0.05, 0.1) is 5.69 Å². The minimum absolute atomic E-state index is 0.586. The van der Waals surface area contributed by atoms with E-state index in [0.29, 0.717) is 11.8 Å². The Morgan fingerprint density at radius 3 is 2.04 bits per heavy atom. The number of nitrogen functional groups attached to an aromatic ring is 1. The summed E-state index contributed by atoms with van der Waals surface area (Å²) in [5, 5.41) is 0. The van der Waals surface area contributed by atoms with E-state index in [4.69, 9.17) is 10.7 Å². The third-order valence-corrected chi connectivity index (χ3v) is 4.71. The van der Waals surface area contributed by atoms with Crippen molar-refractivity contribution in [1.82, 2.24) is 0 Å². The molecule has 0 aromatic heterocycles. The van der Waals surface area contributed by atoms with Crippen molar-refractivity contribution in [3.63, 3.8) is 0 Å². The fourth-order valence-corrected chi connectivity index (χ4v) is 3.45. The molecule has 2 N–H and O–H groups in total. The van der Waals surface area contributed by atoms with Crippen molar-refractivity contribution in [2.24, 2.45) is 16.8 Å². The summed E-state index contributed by atoms with van der Waals surface area (Å²) in [6.45, 7) is 13.2. The highest BCUT2D eigenvalue weighted by Crippen LogP contribution is 2.30. The molecular formula is C24H34N2. The molecular weight excluding hydrogens is 316 g/mol. The standard InChI is InChI=1S/C24H34N2/c1-7-19-10-8-12-21(15-17(4)5)24(19)26-18(6)22-13-9-11-20(23(22)25)14-16(2)3/h8-13,16-17H,7,14-15,25H2,1-6H3/b26-18-. The van der Waals surface area contributed by atoms with Crippen LogP contribution in [-0.4, -0.2) is 5.71 Å². The van der Waals surface area contributed by atoms with Gasteiger partial charge in [-0.05, 0) is 54.7 Å². The molecule has 2 rings (SSSR count). The SMILES string of the molecule is CCc1cccc(CC(C)C)c1/N=C(/C)c1cccc(CC(C)C)c1N. The Balaban J connectivity index is 2.50. The van der Waals surface area contributed by atoms with Crippen LogP contribution in [0.3, 0.4) is 0 Å². The van der Waals surface area contributed by atoms with E-state index >= 15 is 0 Å². The number of rotatable bonds is 7. The van der Waals surface area contributed by atoms with Crippen molar-refractivity contribution in [2.45, 2.75) is 60.8 Å². The third-order valence-electron chi connectivity index (χ3n) is 4.71. The number of hydrogen-bond acceptors (Lipinski definition) is 2. The Labute approximate surface area is 159 Å². The first-order valence-electron chi connectivity index (χ1n) is 9.87. The fourth-order valence-electron chi connectivity index (χ4n) is 3.45. The first kappa shape index (κ1) is 20.2. The van der Waals surface area contributed by atoms with Crippen LogP contribution < -0.4 is 5.73 Å². The molecule has 0 heterocycles. The van der Waals surface area contributed by atoms with Crippen LogP contribution in [-0.2, 0) is 19.3 Å². The molecule has 2 nitrogen and oxygen atoms in total. The van der Waals surface area contributed by atoms with Gasteiger partial charge in [-0.2, -0.15) is 0 Å². The van der Waals surface area contributed by atoms with Gasteiger partial charge in [-0.1, -0.05) is 71.0 Å². The van der Waals surface area contributed by atoms with E-state index in [1.165, 1.54) is 16.7 Å². The molecule has 26 heavy (non-hydrogen) atoms. The highest BCUT2D eigenvalue weighted by atomic mass is 14.8. The van der Waals surface area contributed by atoms with Gasteiger partial charge in [-0.25, -0.2) is 0 Å². The highest BCUT2D eigenvalue weighted by molar-refractivity contribution is 6.05. The van der Waals surface area contributed by atoms with Gasteiger partial charge in [-0.3, -0.25) is 4.99 Å². The normalized spacial score (nSPS) is 12.2. The molecule has 0 radical (unpaired) electrons. The Morgan fingerprint density at radius 2 is 1.42 bits per heavy atom. The van der Waals surface area contributed by atoms with Crippen LogP contribution in [0.1, 0.15) is 63.8 Å². The zero-order chi connectivity index (χ0) is 19.3. The van der Waals surface area contributed by atoms with Gasteiger partial charge in [-0.15, -0.1) is 0 Å². The lowest BCUT2D eigenvalue weighted by Crippen LogP contribution is -2.07. The number of aliphatic imine (C=N–C) groups is 1. The zero-order valence-electron chi connectivity index (χ0n) is 17.3. The summed E-state index contributed by atoms with van der Waals surface area (Å²) >= 11 is 0. The van der Waals surface area contributed by atoms with Gasteiger partial charge in [0.2, 0.25) is 0 Å². The van der Waals surface area contributed by atoms with E-state index in [2.05, 4.69) is 77.9 Å². The van der Waals surface area contributed by atoms with Crippen LogP contribution in [0.25, 0.3) is 0 Å². The van der Waals surface area contributed by atoms with Crippen molar-refractivity contribution in [3.05, 3.63) is 58.7 Å². The van der Waals surface area contributed by atoms with Crippen molar-refractivity contribution in [2.75, 3.05) is 5.73 Å². The summed E-state index contributed by atoms with van der Waals surface area (Å²) in [6, 6.07) is 12.9. The molecule has 0 fully saturated rings. The number of benzene rings is 2. The Hall–Kier alpha value is -2.09. The van der Waals surface area contributed by atoms with E-state index in [1.807, 2.05) is 0 Å². The van der Waals surface area contributed by atoms with Gasteiger partial charge < -0.3 is 5.73 Å². The molecule has 0 aliphatic heterocycles. The lowest BCUT2D eigenvalue weighted by Gasteiger charge is -2.15. The van der Waals surface area contributed by atoms with Gasteiger partial charge in [0.15, 0.2) is 0 Å². The van der Waals surface area contributed by atoms with Gasteiger partial charge >= 0.3 is 0 Å². The maximum Gasteiger partial charge on any atom is 0.0697 e. The van der Waals surface area contributed by atoms with Gasteiger partial charge in [0, 0.05) is 17.0 Å². The van der Waals surface area contributed by atoms with E-state index in [9.17, 15) is 0 Å². The summed E-state index contributed by atoms with van der Waals surface area (Å²) in [4.78, 5) is 5.07. The van der Waals surface area contributed by atoms with Crippen molar-refractivity contribution >= 4 is 17.1 Å². The highest BCUT2D eigenvalue weighted by Gasteiger charge is 2.12. The van der Waals surface area contributed by atoms with Crippen LogP contribution in [0.4, 0.5) is 11.4 Å². The van der Waals surface area contributed by atoms with Crippen molar-refractivity contribution in [1.29, 1.82) is 0 Å². The first-order valence-corrected chi connectivity index (χ1v) is 9.87. The van der Waals surface area contributed by atoms with Crippen LogP contribution in [0.15, 0.2) is 41.4 Å². The van der Waals surface area contributed by atoms with Crippen LogP contribution in [0, 0.1) is 11.8 Å². The molecule has 0 spiro atoms. The van der Waals surface area contributed by atoms with Crippen LogP contribution in [0.2, 0.25) is 0 Å². The summed E-state index contributed by atoms with van der Waals surface area (Å²) in [6.07, 6.45) is 3.03. The lowest BCUT2D eigenvalue weighted by molar-refractivity contribution is 0.647. The second-order valence-corrected chi connectivity index (χ2v) is 8.05. The monoisotopic (exact) mass is 350 g/mol. The molecule has 0 amide bonds. The number of anilines is 1. The lowest BCUT2D eigenvalue weighted by atomic mass is 9.96. The predicted octanol–water partition coefficient (Wildman–Crippen LogP) is 6.37. The molecule has 0 bridgehead atoms. The smallest absolute Gasteiger partial charge is 0.0697 e. The van der Waals surface area contributed by atoms with E-state index in [1.54, 1.807) is 0 Å². The number of nitrogens with zero attached hydrogens (tertiary/aromatic N) is 1. The van der Waals surface area contributed by atoms with Crippen molar-refractivity contribution in [3.8, 4) is 0 Å². The summed E-state index contributed by atoms with van der Waals surface area (Å²) in [7, 11) is 0. The Bertz CT molecular complexity index is 770. The molecule has 2 aromatic rings. The minimum Gasteiger partial charge on any atom is -0.398 e. The summed E-state index contributed by atoms with van der Waals surface area (Å²) in [5.74, 6) is 1.19. The van der Waals surface area contributed by atoms with Crippen LogP contribution >= 0.6 is 0 Å². The molecule has 0 saturated carbocycles. The maximum atomic E-state index is 6.49. The average Bonchev–Trinajstić information content (AvgIpc) is 2.57. The number of aryl methyl sites for hydroxylation is 1. The second-order valence-electron chi connectivity index (χ2n) is 8.05. The molecule has 0 aliphatic rings. The summed E-state index contributed by atoms with van der Waals surface area (Å²) < 4.78 is 0. The average molecular weight is 351 g/mol. The summed E-state index contributed by atoms with van der Waals surface area (Å²) in [5.41, 5.74) is 14.4. The molecule has 0 aliphatic carbocycles. The largest absolute Gasteiger partial charge is 0.398 e. The quantitative estimate of drug-likeness (QED) is 0.457. The molecule has 0 saturated heterocycles. The maximum absolute atomic E-state index is 6.49. The number of hydrogen-bond donors (Lipinski definition) is 1. The topological polar surface area (TPSA) is 38.4 Å². The second kappa shape index (κ2) is 9.02. The van der Waals surface area contributed by atoms with E-state index in [0.717, 1.165) is 41.9 Å². The Kier molecular flexibility index (Phi) is 7.02. The molecule has 2 aromatic carbocycles. The first-order chi connectivity index (χ1) is 12.3. The van der Waals surface area contributed by atoms with Crippen LogP contribution in [0.5, 0.6) is 0 Å². The van der Waals surface area contributed by atoms with Gasteiger partial charge in [0.1, 0.15) is 0 Å². The minimum atomic E-state index is 0.586. The molecule has 140 valence electrons. The van der Waals surface area contributed by atoms with E-state index < -0.39 is 0 Å². The number of nitrogens with two attached hydrogens (primary N) is 1. The fraction of sp³-hybridized carbons (Fsp3) is 0.458. The molecule has 2 heteroatoms. The van der Waals surface area contributed by atoms with Gasteiger partial charge in [0.25, 0.3) is 0 Å². The third kappa shape index (κ3) is 4.97. The van der Waals surface area contributed by atoms with Crippen molar-refractivity contribution < 1.29 is 0 Å². The zero-order valence-corrected chi connectivity index (χ0v) is 17.3. The number of para-hydroxylation sites is 2. The Morgan fingerprint density at radius 1 is 0.885 bits per heavy atom. The van der Waals surface area contributed by atoms with E-state index in [-0.39, 0.29) is 0 Å². The molecule has 0 unspecified atom stereocenters. The molecule has 0 atom stereocenters.